The van der Waals surface area contributed by atoms with Gasteiger partial charge in [0.1, 0.15) is 11.6 Å². The Balaban J connectivity index is 2.36. The molecule has 104 valence electrons. The van der Waals surface area contributed by atoms with Crippen LogP contribution in [0.1, 0.15) is 10.4 Å². The number of carbonyl (C=O) groups is 1. The molecule has 2 aromatic rings. The van der Waals surface area contributed by atoms with Crippen molar-refractivity contribution in [2.24, 2.45) is 0 Å². The van der Waals surface area contributed by atoms with Crippen LogP contribution < -0.4 is 5.32 Å². The highest BCUT2D eigenvalue weighted by Crippen LogP contribution is 2.32. The monoisotopic (exact) mass is 423 g/mol. The van der Waals surface area contributed by atoms with Crippen molar-refractivity contribution in [2.75, 3.05) is 5.32 Å². The van der Waals surface area contributed by atoms with Crippen molar-refractivity contribution in [3.05, 3.63) is 61.5 Å². The first-order chi connectivity index (χ1) is 9.40. The first-order valence-corrected chi connectivity index (χ1v) is 7.26. The Morgan fingerprint density at radius 2 is 1.85 bits per heavy atom. The van der Waals surface area contributed by atoms with Crippen molar-refractivity contribution in [1.29, 1.82) is 0 Å². The zero-order valence-corrected chi connectivity index (χ0v) is 13.6. The number of amides is 1. The summed E-state index contributed by atoms with van der Waals surface area (Å²) in [4.78, 5) is 12.0. The van der Waals surface area contributed by atoms with Crippen LogP contribution in [-0.2, 0) is 0 Å². The largest absolute Gasteiger partial charge is 0.320 e. The summed E-state index contributed by atoms with van der Waals surface area (Å²) in [6.07, 6.45) is 0. The third-order valence-electron chi connectivity index (χ3n) is 2.44. The summed E-state index contributed by atoms with van der Waals surface area (Å²) >= 11 is 11.9. The van der Waals surface area contributed by atoms with Crippen LogP contribution in [0.15, 0.2) is 39.3 Å². The smallest absolute Gasteiger partial charge is 0.258 e. The van der Waals surface area contributed by atoms with E-state index >= 15 is 0 Å². The zero-order valence-electron chi connectivity index (χ0n) is 9.68. The van der Waals surface area contributed by atoms with E-state index in [-0.39, 0.29) is 25.2 Å². The molecule has 0 spiro atoms. The Kier molecular flexibility index (Phi) is 4.78. The molecule has 1 N–H and O–H groups in total. The van der Waals surface area contributed by atoms with Crippen LogP contribution in [0.2, 0.25) is 5.02 Å². The van der Waals surface area contributed by atoms with E-state index in [0.29, 0.717) is 0 Å². The predicted octanol–water partition coefficient (Wildman–Crippen LogP) is 5.40. The Morgan fingerprint density at radius 3 is 2.50 bits per heavy atom. The van der Waals surface area contributed by atoms with Gasteiger partial charge in [0.15, 0.2) is 0 Å². The van der Waals surface area contributed by atoms with Crippen molar-refractivity contribution in [3.63, 3.8) is 0 Å². The maximum atomic E-state index is 13.8. The van der Waals surface area contributed by atoms with Gasteiger partial charge in [-0.3, -0.25) is 4.79 Å². The molecule has 0 unspecified atom stereocenters. The van der Waals surface area contributed by atoms with Crippen LogP contribution in [-0.4, -0.2) is 5.91 Å². The Hall–Kier alpha value is -0.980. The van der Waals surface area contributed by atoms with Gasteiger partial charge in [0.2, 0.25) is 0 Å². The topological polar surface area (TPSA) is 29.1 Å². The van der Waals surface area contributed by atoms with Crippen molar-refractivity contribution in [3.8, 4) is 0 Å². The molecule has 0 aliphatic carbocycles. The van der Waals surface area contributed by atoms with Gasteiger partial charge >= 0.3 is 0 Å². The number of rotatable bonds is 2. The summed E-state index contributed by atoms with van der Waals surface area (Å²) in [6, 6.07) is 6.55. The fourth-order valence-corrected chi connectivity index (χ4v) is 2.79. The molecular weight excluding hydrogens is 419 g/mol. The number of benzene rings is 2. The highest BCUT2D eigenvalue weighted by Gasteiger charge is 2.17. The lowest BCUT2D eigenvalue weighted by molar-refractivity contribution is 0.102. The lowest BCUT2D eigenvalue weighted by atomic mass is 10.2. The summed E-state index contributed by atoms with van der Waals surface area (Å²) < 4.78 is 27.3. The van der Waals surface area contributed by atoms with Crippen LogP contribution in [0.3, 0.4) is 0 Å². The molecule has 1 amide bonds. The maximum absolute atomic E-state index is 13.8. The van der Waals surface area contributed by atoms with Crippen molar-refractivity contribution in [2.45, 2.75) is 0 Å². The fraction of sp³-hybridized carbons (Fsp3) is 0. The van der Waals surface area contributed by atoms with Crippen molar-refractivity contribution < 1.29 is 13.6 Å². The molecule has 0 saturated carbocycles. The van der Waals surface area contributed by atoms with Gasteiger partial charge in [-0.05, 0) is 56.1 Å². The van der Waals surface area contributed by atoms with E-state index in [1.807, 2.05) is 0 Å². The fourth-order valence-electron chi connectivity index (χ4n) is 1.52. The summed E-state index contributed by atoms with van der Waals surface area (Å²) in [5.41, 5.74) is 0.0316. The zero-order chi connectivity index (χ0) is 14.9. The van der Waals surface area contributed by atoms with Gasteiger partial charge in [-0.25, -0.2) is 8.78 Å². The third-order valence-corrected chi connectivity index (χ3v) is 3.98. The van der Waals surface area contributed by atoms with Crippen LogP contribution in [0.25, 0.3) is 0 Å². The first kappa shape index (κ1) is 15.4. The molecule has 0 radical (unpaired) electrons. The van der Waals surface area contributed by atoms with Gasteiger partial charge < -0.3 is 5.32 Å². The molecule has 0 aromatic heterocycles. The molecule has 0 saturated heterocycles. The standard InChI is InChI=1S/C13H6Br2ClF2NO/c14-8-3-1-2-7(11(8)18)13(20)19-12-9(15)4-6(17)5-10(12)16/h1-5H,(H,19,20). The Labute approximate surface area is 135 Å². The van der Waals surface area contributed by atoms with E-state index in [4.69, 9.17) is 11.6 Å². The average molecular weight is 425 g/mol. The number of nitrogens with one attached hydrogen (secondary N) is 1. The van der Waals surface area contributed by atoms with Crippen LogP contribution in [0.5, 0.6) is 0 Å². The molecule has 0 aliphatic heterocycles. The predicted molar refractivity (Wildman–Crippen MR) is 81.2 cm³/mol. The highest BCUT2D eigenvalue weighted by atomic mass is 79.9. The quantitative estimate of drug-likeness (QED) is 0.686. The number of halogens is 5. The molecule has 2 rings (SSSR count). The SMILES string of the molecule is O=C(Nc1c(Cl)cc(F)cc1Br)c1cccc(Br)c1F. The molecule has 0 bridgehead atoms. The van der Waals surface area contributed by atoms with E-state index in [2.05, 4.69) is 37.2 Å². The second kappa shape index (κ2) is 6.20. The molecule has 7 heteroatoms. The van der Waals surface area contributed by atoms with E-state index in [0.717, 1.165) is 12.1 Å². The van der Waals surface area contributed by atoms with Gasteiger partial charge in [-0.2, -0.15) is 0 Å². The summed E-state index contributed by atoms with van der Waals surface area (Å²) in [5, 5.41) is 2.46. The van der Waals surface area contributed by atoms with Crippen LogP contribution in [0.4, 0.5) is 14.5 Å². The summed E-state index contributed by atoms with van der Waals surface area (Å²) in [6.45, 7) is 0. The van der Waals surface area contributed by atoms with Gasteiger partial charge in [-0.1, -0.05) is 17.7 Å². The minimum atomic E-state index is -0.682. The Bertz CT molecular complexity index is 671. The third kappa shape index (κ3) is 3.19. The van der Waals surface area contributed by atoms with Gasteiger partial charge in [0, 0.05) is 4.47 Å². The van der Waals surface area contributed by atoms with Gasteiger partial charge in [0.25, 0.3) is 5.91 Å². The second-order valence-electron chi connectivity index (χ2n) is 3.80. The normalized spacial score (nSPS) is 10.4. The second-order valence-corrected chi connectivity index (χ2v) is 5.92. The number of anilines is 1. The average Bonchev–Trinajstić information content (AvgIpc) is 2.36. The highest BCUT2D eigenvalue weighted by molar-refractivity contribution is 9.10. The number of hydrogen-bond acceptors (Lipinski definition) is 1. The van der Waals surface area contributed by atoms with Gasteiger partial charge in [0.05, 0.1) is 20.7 Å². The minimum absolute atomic E-state index is 0.0145. The molecule has 2 aromatic carbocycles. The Morgan fingerprint density at radius 1 is 1.15 bits per heavy atom. The molecule has 0 aliphatic rings. The summed E-state index contributed by atoms with van der Waals surface area (Å²) in [7, 11) is 0. The molecule has 0 heterocycles. The minimum Gasteiger partial charge on any atom is -0.320 e. The van der Waals surface area contributed by atoms with E-state index in [1.165, 1.54) is 18.2 Å². The molecule has 20 heavy (non-hydrogen) atoms. The summed E-state index contributed by atoms with van der Waals surface area (Å²) in [5.74, 6) is -1.91. The molecule has 0 fully saturated rings. The van der Waals surface area contributed by atoms with Crippen LogP contribution in [0, 0.1) is 11.6 Å². The van der Waals surface area contributed by atoms with E-state index in [9.17, 15) is 13.6 Å². The lowest BCUT2D eigenvalue weighted by Crippen LogP contribution is -2.14. The first-order valence-electron chi connectivity index (χ1n) is 5.30. The molecule has 2 nitrogen and oxygen atoms in total. The number of carbonyl (C=O) groups excluding carboxylic acids is 1. The number of hydrogen-bond donors (Lipinski definition) is 1. The van der Waals surface area contributed by atoms with E-state index in [1.54, 1.807) is 0 Å². The maximum Gasteiger partial charge on any atom is 0.258 e. The molecular formula is C13H6Br2ClF2NO. The van der Waals surface area contributed by atoms with Crippen molar-refractivity contribution >= 4 is 55.1 Å². The lowest BCUT2D eigenvalue weighted by Gasteiger charge is -2.10. The molecule has 0 atom stereocenters. The van der Waals surface area contributed by atoms with Gasteiger partial charge in [-0.15, -0.1) is 0 Å². The van der Waals surface area contributed by atoms with Crippen LogP contribution >= 0.6 is 43.5 Å². The van der Waals surface area contributed by atoms with Crippen molar-refractivity contribution in [1.82, 2.24) is 0 Å². The van der Waals surface area contributed by atoms with E-state index < -0.39 is 17.5 Å².